The van der Waals surface area contributed by atoms with Gasteiger partial charge >= 0.3 is 0 Å². The van der Waals surface area contributed by atoms with Crippen molar-refractivity contribution in [3.05, 3.63) is 28.0 Å². The first-order chi connectivity index (χ1) is 7.82. The van der Waals surface area contributed by atoms with Gasteiger partial charge in [-0.15, -0.1) is 0 Å². The minimum atomic E-state index is -0.596. The van der Waals surface area contributed by atoms with E-state index in [9.17, 15) is 9.18 Å². The summed E-state index contributed by atoms with van der Waals surface area (Å²) in [5, 5.41) is 2.63. The highest BCUT2D eigenvalue weighted by atomic mass is 79.9. The van der Waals surface area contributed by atoms with Crippen molar-refractivity contribution in [3.8, 4) is 0 Å². The van der Waals surface area contributed by atoms with Gasteiger partial charge in [0.1, 0.15) is 5.82 Å². The molecule has 0 radical (unpaired) electrons. The Bertz CT molecular complexity index is 435. The molecule has 0 aliphatic heterocycles. The SMILES string of the molecule is Cc1cc(Br)c(F)cc1NC(=O)[C@H](N)C(C)C. The number of nitrogens with two attached hydrogens (primary N) is 1. The average molecular weight is 303 g/mol. The summed E-state index contributed by atoms with van der Waals surface area (Å²) in [6.07, 6.45) is 0. The third-order valence-corrected chi connectivity index (χ3v) is 3.15. The molecule has 1 rings (SSSR count). The average Bonchev–Trinajstić information content (AvgIpc) is 2.24. The number of amides is 1. The van der Waals surface area contributed by atoms with Crippen LogP contribution in [0.3, 0.4) is 0 Å². The van der Waals surface area contributed by atoms with Gasteiger partial charge in [-0.25, -0.2) is 4.39 Å². The Labute approximate surface area is 109 Å². The van der Waals surface area contributed by atoms with E-state index in [2.05, 4.69) is 21.2 Å². The Hall–Kier alpha value is -0.940. The van der Waals surface area contributed by atoms with Crippen LogP contribution in [0, 0.1) is 18.7 Å². The monoisotopic (exact) mass is 302 g/mol. The molecule has 1 atom stereocenters. The van der Waals surface area contributed by atoms with Crippen LogP contribution in [-0.2, 0) is 4.79 Å². The van der Waals surface area contributed by atoms with Crippen molar-refractivity contribution in [2.24, 2.45) is 11.7 Å². The van der Waals surface area contributed by atoms with Gasteiger partial charge in [-0.05, 0) is 46.5 Å². The third kappa shape index (κ3) is 3.51. The number of carbonyl (C=O) groups is 1. The second-order valence-electron chi connectivity index (χ2n) is 4.34. The smallest absolute Gasteiger partial charge is 0.241 e. The molecule has 5 heteroatoms. The molecule has 0 unspecified atom stereocenters. The minimum Gasteiger partial charge on any atom is -0.324 e. The number of halogens is 2. The highest BCUT2D eigenvalue weighted by molar-refractivity contribution is 9.10. The number of anilines is 1. The van der Waals surface area contributed by atoms with Crippen LogP contribution in [0.25, 0.3) is 0 Å². The fourth-order valence-corrected chi connectivity index (χ4v) is 1.76. The molecule has 0 fully saturated rings. The maximum Gasteiger partial charge on any atom is 0.241 e. The zero-order chi connectivity index (χ0) is 13.2. The van der Waals surface area contributed by atoms with E-state index in [0.29, 0.717) is 10.2 Å². The normalized spacial score (nSPS) is 12.6. The topological polar surface area (TPSA) is 55.1 Å². The maximum absolute atomic E-state index is 13.3. The van der Waals surface area contributed by atoms with Crippen LogP contribution in [0.1, 0.15) is 19.4 Å². The molecule has 0 aliphatic carbocycles. The standard InChI is InChI=1S/C12H16BrFN2O/c1-6(2)11(15)12(17)16-10-5-9(14)8(13)4-7(10)3/h4-6,11H,15H2,1-3H3,(H,16,17)/t11-/m1/s1. The number of aryl methyl sites for hydroxylation is 1. The van der Waals surface area contributed by atoms with E-state index in [1.54, 1.807) is 13.0 Å². The van der Waals surface area contributed by atoms with Gasteiger partial charge in [0, 0.05) is 5.69 Å². The molecule has 0 spiro atoms. The highest BCUT2D eigenvalue weighted by Crippen LogP contribution is 2.24. The van der Waals surface area contributed by atoms with Crippen molar-refractivity contribution >= 4 is 27.5 Å². The summed E-state index contributed by atoms with van der Waals surface area (Å²) < 4.78 is 13.7. The molecule has 0 aromatic heterocycles. The summed E-state index contributed by atoms with van der Waals surface area (Å²) in [4.78, 5) is 11.7. The van der Waals surface area contributed by atoms with E-state index < -0.39 is 11.9 Å². The Morgan fingerprint density at radius 1 is 1.47 bits per heavy atom. The molecule has 1 amide bonds. The predicted molar refractivity (Wildman–Crippen MR) is 70.3 cm³/mol. The largest absolute Gasteiger partial charge is 0.324 e. The number of carbonyl (C=O) groups excluding carboxylic acids is 1. The van der Waals surface area contributed by atoms with Crippen LogP contribution < -0.4 is 11.1 Å². The molecule has 0 saturated heterocycles. The zero-order valence-electron chi connectivity index (χ0n) is 10.1. The molecule has 94 valence electrons. The summed E-state index contributed by atoms with van der Waals surface area (Å²) in [6, 6.07) is 2.30. The van der Waals surface area contributed by atoms with E-state index >= 15 is 0 Å². The summed E-state index contributed by atoms with van der Waals surface area (Å²) in [7, 11) is 0. The second-order valence-corrected chi connectivity index (χ2v) is 5.19. The Kier molecular flexibility index (Phi) is 4.65. The Morgan fingerprint density at radius 2 is 2.06 bits per heavy atom. The van der Waals surface area contributed by atoms with Crippen LogP contribution >= 0.6 is 15.9 Å². The van der Waals surface area contributed by atoms with E-state index in [-0.39, 0.29) is 11.8 Å². The van der Waals surface area contributed by atoms with Gasteiger partial charge in [-0.3, -0.25) is 4.79 Å². The molecule has 0 bridgehead atoms. The molecule has 3 nitrogen and oxygen atoms in total. The lowest BCUT2D eigenvalue weighted by atomic mass is 10.0. The highest BCUT2D eigenvalue weighted by Gasteiger charge is 2.18. The van der Waals surface area contributed by atoms with Crippen molar-refractivity contribution < 1.29 is 9.18 Å². The number of rotatable bonds is 3. The first-order valence-corrected chi connectivity index (χ1v) is 6.14. The number of nitrogens with one attached hydrogen (secondary N) is 1. The molecular formula is C12H16BrFN2O. The molecule has 0 heterocycles. The van der Waals surface area contributed by atoms with Gasteiger partial charge in [0.25, 0.3) is 0 Å². The van der Waals surface area contributed by atoms with Crippen LogP contribution in [0.5, 0.6) is 0 Å². The number of hydrogen-bond donors (Lipinski definition) is 2. The van der Waals surface area contributed by atoms with E-state index in [1.807, 2.05) is 13.8 Å². The first kappa shape index (κ1) is 14.1. The summed E-state index contributed by atoms with van der Waals surface area (Å²) in [5.41, 5.74) is 6.94. The van der Waals surface area contributed by atoms with Gasteiger partial charge < -0.3 is 11.1 Å². The third-order valence-electron chi connectivity index (χ3n) is 2.55. The molecule has 1 aromatic carbocycles. The van der Waals surface area contributed by atoms with Crippen LogP contribution in [0.4, 0.5) is 10.1 Å². The minimum absolute atomic E-state index is 0.0376. The van der Waals surface area contributed by atoms with Crippen LogP contribution in [-0.4, -0.2) is 11.9 Å². The quantitative estimate of drug-likeness (QED) is 0.902. The fraction of sp³-hybridized carbons (Fsp3) is 0.417. The van der Waals surface area contributed by atoms with Crippen molar-refractivity contribution in [2.45, 2.75) is 26.8 Å². The molecule has 17 heavy (non-hydrogen) atoms. The maximum atomic E-state index is 13.3. The fourth-order valence-electron chi connectivity index (χ4n) is 1.30. The van der Waals surface area contributed by atoms with E-state index in [4.69, 9.17) is 5.73 Å². The lowest BCUT2D eigenvalue weighted by molar-refractivity contribution is -0.118. The number of benzene rings is 1. The van der Waals surface area contributed by atoms with E-state index in [1.165, 1.54) is 6.07 Å². The summed E-state index contributed by atoms with van der Waals surface area (Å²) in [6.45, 7) is 5.51. The van der Waals surface area contributed by atoms with Gasteiger partial charge in [0.05, 0.1) is 10.5 Å². The predicted octanol–water partition coefficient (Wildman–Crippen LogP) is 2.82. The molecule has 0 saturated carbocycles. The van der Waals surface area contributed by atoms with Gasteiger partial charge in [0.15, 0.2) is 0 Å². The van der Waals surface area contributed by atoms with Crippen LogP contribution in [0.2, 0.25) is 0 Å². The lowest BCUT2D eigenvalue weighted by Gasteiger charge is -2.16. The van der Waals surface area contributed by atoms with Crippen molar-refractivity contribution in [1.82, 2.24) is 0 Å². The Morgan fingerprint density at radius 3 is 2.59 bits per heavy atom. The molecular weight excluding hydrogens is 287 g/mol. The first-order valence-electron chi connectivity index (χ1n) is 5.35. The lowest BCUT2D eigenvalue weighted by Crippen LogP contribution is -2.39. The molecule has 3 N–H and O–H groups in total. The van der Waals surface area contributed by atoms with E-state index in [0.717, 1.165) is 5.56 Å². The summed E-state index contributed by atoms with van der Waals surface area (Å²) in [5.74, 6) is -0.676. The van der Waals surface area contributed by atoms with Crippen molar-refractivity contribution in [1.29, 1.82) is 0 Å². The number of hydrogen-bond acceptors (Lipinski definition) is 2. The van der Waals surface area contributed by atoms with Gasteiger partial charge in [-0.2, -0.15) is 0 Å². The zero-order valence-corrected chi connectivity index (χ0v) is 11.6. The van der Waals surface area contributed by atoms with Crippen molar-refractivity contribution in [2.75, 3.05) is 5.32 Å². The molecule has 1 aromatic rings. The molecule has 0 aliphatic rings. The van der Waals surface area contributed by atoms with Crippen molar-refractivity contribution in [3.63, 3.8) is 0 Å². The Balaban J connectivity index is 2.89. The summed E-state index contributed by atoms with van der Waals surface area (Å²) >= 11 is 3.09. The van der Waals surface area contributed by atoms with Gasteiger partial charge in [-0.1, -0.05) is 13.8 Å². The van der Waals surface area contributed by atoms with Crippen LogP contribution in [0.15, 0.2) is 16.6 Å². The van der Waals surface area contributed by atoms with Gasteiger partial charge in [0.2, 0.25) is 5.91 Å². The second kappa shape index (κ2) is 5.60.